The van der Waals surface area contributed by atoms with Gasteiger partial charge in [0.1, 0.15) is 11.3 Å². The van der Waals surface area contributed by atoms with Crippen molar-refractivity contribution in [2.24, 2.45) is 30.4 Å². The lowest BCUT2D eigenvalue weighted by molar-refractivity contribution is 0.0700. The topological polar surface area (TPSA) is 121 Å². The molecule has 0 spiro atoms. The maximum atomic E-state index is 13.7. The summed E-state index contributed by atoms with van der Waals surface area (Å²) in [5, 5.41) is 1.13. The summed E-state index contributed by atoms with van der Waals surface area (Å²) in [7, 11) is 3.66. The van der Waals surface area contributed by atoms with Crippen LogP contribution >= 0.6 is 0 Å². The number of likely N-dealkylation sites (tertiary alicyclic amines) is 1. The van der Waals surface area contributed by atoms with Crippen LogP contribution in [-0.4, -0.2) is 56.6 Å². The fourth-order valence-corrected chi connectivity index (χ4v) is 7.47. The summed E-state index contributed by atoms with van der Waals surface area (Å²) in [5.41, 5.74) is 18.8. The second-order valence-electron chi connectivity index (χ2n) is 12.8. The van der Waals surface area contributed by atoms with Crippen molar-refractivity contribution in [3.05, 3.63) is 71.8 Å². The molecule has 2 aliphatic carbocycles. The molecular weight excluding hydrogens is 552 g/mol. The summed E-state index contributed by atoms with van der Waals surface area (Å²) in [6.07, 6.45) is 4.50. The Bertz CT molecular complexity index is 1970. The first kappa shape index (κ1) is 27.0. The van der Waals surface area contributed by atoms with Crippen LogP contribution in [-0.2, 0) is 13.6 Å². The van der Waals surface area contributed by atoms with Gasteiger partial charge in [0.25, 0.3) is 5.91 Å². The van der Waals surface area contributed by atoms with Gasteiger partial charge >= 0.3 is 0 Å². The molecule has 4 N–H and O–H groups in total. The van der Waals surface area contributed by atoms with Gasteiger partial charge in [0, 0.05) is 54.3 Å². The fourth-order valence-electron chi connectivity index (χ4n) is 7.47. The standard InChI is InChI=1S/C35H36N6O3/c1-39-32-26(13-25(16-30(32)44-2)35(43)41-18-24-11-12-27(41)31(24)36)38-34(39)29-15-23-10-9-22(14-28(23)40(29)17-19-3-4-19)20-5-7-21(8-6-20)33(37)42/h5-10,13-16,19,24,27,31H,3-4,11-12,17-18,36H2,1-2H3,(H2,37,42)/t24?,27?,31-/m1/s1. The molecule has 2 saturated carbocycles. The average molecular weight is 589 g/mol. The third-order valence-corrected chi connectivity index (χ3v) is 10.1. The molecule has 8 rings (SSSR count). The van der Waals surface area contributed by atoms with E-state index in [2.05, 4.69) is 33.4 Å². The fraction of sp³-hybridized carbons (Fsp3) is 0.343. The number of amides is 2. The minimum absolute atomic E-state index is 0.000657. The number of carbonyl (C=O) groups is 2. The number of hydrogen-bond donors (Lipinski definition) is 2. The molecule has 3 fully saturated rings. The van der Waals surface area contributed by atoms with Crippen LogP contribution in [0.2, 0.25) is 0 Å². The molecule has 0 radical (unpaired) electrons. The minimum atomic E-state index is -0.433. The van der Waals surface area contributed by atoms with Gasteiger partial charge < -0.3 is 30.2 Å². The molecule has 2 bridgehead atoms. The van der Waals surface area contributed by atoms with Crippen LogP contribution in [0.1, 0.15) is 46.4 Å². The van der Waals surface area contributed by atoms with Crippen LogP contribution in [0.5, 0.6) is 5.75 Å². The van der Waals surface area contributed by atoms with Gasteiger partial charge in [-0.25, -0.2) is 4.98 Å². The van der Waals surface area contributed by atoms with E-state index in [4.69, 9.17) is 21.2 Å². The second kappa shape index (κ2) is 9.95. The van der Waals surface area contributed by atoms with E-state index < -0.39 is 5.91 Å². The Morgan fingerprint density at radius 1 is 0.955 bits per heavy atom. The van der Waals surface area contributed by atoms with Crippen LogP contribution in [0, 0.1) is 11.8 Å². The van der Waals surface area contributed by atoms with Gasteiger partial charge in [0.05, 0.1) is 18.3 Å². The molecule has 2 unspecified atom stereocenters. The molecule has 3 heterocycles. The van der Waals surface area contributed by atoms with Crippen LogP contribution in [0.3, 0.4) is 0 Å². The number of rotatable bonds is 7. The Morgan fingerprint density at radius 2 is 1.73 bits per heavy atom. The van der Waals surface area contributed by atoms with Gasteiger partial charge in [-0.1, -0.05) is 24.3 Å². The van der Waals surface area contributed by atoms with Crippen molar-refractivity contribution in [3.8, 4) is 28.4 Å². The maximum Gasteiger partial charge on any atom is 0.254 e. The number of carbonyl (C=O) groups excluding carboxylic acids is 2. The van der Waals surface area contributed by atoms with Crippen molar-refractivity contribution < 1.29 is 14.3 Å². The van der Waals surface area contributed by atoms with Gasteiger partial charge in [0.15, 0.2) is 5.82 Å². The molecule has 2 aromatic heterocycles. The van der Waals surface area contributed by atoms with Crippen LogP contribution in [0.4, 0.5) is 0 Å². The lowest BCUT2D eigenvalue weighted by Gasteiger charge is -2.27. The smallest absolute Gasteiger partial charge is 0.254 e. The van der Waals surface area contributed by atoms with Crippen molar-refractivity contribution in [2.75, 3.05) is 13.7 Å². The highest BCUT2D eigenvalue weighted by Gasteiger charge is 2.47. The molecule has 3 aromatic carbocycles. The van der Waals surface area contributed by atoms with E-state index in [-0.39, 0.29) is 18.0 Å². The first-order valence-electron chi connectivity index (χ1n) is 15.5. The number of ether oxygens (including phenoxy) is 1. The molecule has 1 aliphatic heterocycles. The number of fused-ring (bicyclic) bond motifs is 4. The first-order chi connectivity index (χ1) is 21.3. The summed E-state index contributed by atoms with van der Waals surface area (Å²) in [6, 6.07) is 20.0. The van der Waals surface area contributed by atoms with Crippen LogP contribution < -0.4 is 16.2 Å². The lowest BCUT2D eigenvalue weighted by Crippen LogP contribution is -2.41. The van der Waals surface area contributed by atoms with E-state index in [0.29, 0.717) is 28.7 Å². The third-order valence-electron chi connectivity index (χ3n) is 10.1. The normalized spacial score (nSPS) is 21.1. The Hall–Kier alpha value is -4.63. The number of imidazole rings is 1. The monoisotopic (exact) mass is 588 g/mol. The second-order valence-corrected chi connectivity index (χ2v) is 12.8. The summed E-state index contributed by atoms with van der Waals surface area (Å²) >= 11 is 0. The van der Waals surface area contributed by atoms with Gasteiger partial charge in [-0.05, 0) is 85.0 Å². The first-order valence-corrected chi connectivity index (χ1v) is 15.5. The van der Waals surface area contributed by atoms with E-state index >= 15 is 0 Å². The summed E-state index contributed by atoms with van der Waals surface area (Å²) in [5.74, 6) is 2.05. The number of aromatic nitrogens is 3. The molecular formula is C35H36N6O3. The predicted octanol–water partition coefficient (Wildman–Crippen LogP) is 4.94. The highest BCUT2D eigenvalue weighted by molar-refractivity contribution is 6.01. The quantitative estimate of drug-likeness (QED) is 0.279. The summed E-state index contributed by atoms with van der Waals surface area (Å²) in [4.78, 5) is 32.4. The zero-order valence-electron chi connectivity index (χ0n) is 25.0. The van der Waals surface area contributed by atoms with E-state index in [1.54, 1.807) is 19.2 Å². The average Bonchev–Trinajstić information content (AvgIpc) is 3.44. The van der Waals surface area contributed by atoms with Crippen molar-refractivity contribution in [1.82, 2.24) is 19.0 Å². The van der Waals surface area contributed by atoms with E-state index in [0.717, 1.165) is 70.5 Å². The number of nitrogens with two attached hydrogens (primary N) is 2. The van der Waals surface area contributed by atoms with Gasteiger partial charge in [-0.15, -0.1) is 0 Å². The lowest BCUT2D eigenvalue weighted by atomic mass is 10.0. The molecule has 224 valence electrons. The number of benzene rings is 3. The molecule has 5 aromatic rings. The Labute approximate surface area is 255 Å². The van der Waals surface area contributed by atoms with Crippen molar-refractivity contribution >= 4 is 33.8 Å². The largest absolute Gasteiger partial charge is 0.494 e. The maximum absolute atomic E-state index is 13.7. The number of methoxy groups -OCH3 is 1. The molecule has 9 heteroatoms. The zero-order chi connectivity index (χ0) is 30.3. The minimum Gasteiger partial charge on any atom is -0.494 e. The van der Waals surface area contributed by atoms with Crippen molar-refractivity contribution in [3.63, 3.8) is 0 Å². The van der Waals surface area contributed by atoms with E-state index in [1.807, 2.05) is 36.2 Å². The van der Waals surface area contributed by atoms with Crippen LogP contribution in [0.15, 0.2) is 60.7 Å². The van der Waals surface area contributed by atoms with Crippen molar-refractivity contribution in [1.29, 1.82) is 0 Å². The van der Waals surface area contributed by atoms with Gasteiger partial charge in [-0.3, -0.25) is 9.59 Å². The number of aryl methyl sites for hydroxylation is 1. The summed E-state index contributed by atoms with van der Waals surface area (Å²) < 4.78 is 10.3. The van der Waals surface area contributed by atoms with Crippen LogP contribution in [0.25, 0.3) is 44.6 Å². The number of nitrogens with zero attached hydrogens (tertiary/aromatic N) is 4. The molecule has 3 aliphatic rings. The SMILES string of the molecule is COc1cc(C(=O)N2CC3CCC2[C@@H]3N)cc2nc(-c3cc4ccc(-c5ccc(C(N)=O)cc5)cc4n3CC3CC3)n(C)c12. The molecule has 2 amide bonds. The van der Waals surface area contributed by atoms with E-state index in [9.17, 15) is 9.59 Å². The number of piperidine rings is 1. The van der Waals surface area contributed by atoms with Gasteiger partial charge in [0.2, 0.25) is 5.91 Å². The zero-order valence-corrected chi connectivity index (χ0v) is 25.0. The Kier molecular flexibility index (Phi) is 6.10. The number of hydrogen-bond acceptors (Lipinski definition) is 5. The third kappa shape index (κ3) is 4.21. The molecule has 3 atom stereocenters. The highest BCUT2D eigenvalue weighted by atomic mass is 16.5. The summed E-state index contributed by atoms with van der Waals surface area (Å²) in [6.45, 7) is 1.63. The molecule has 44 heavy (non-hydrogen) atoms. The Balaban J connectivity index is 1.22. The predicted molar refractivity (Wildman–Crippen MR) is 170 cm³/mol. The Morgan fingerprint density at radius 3 is 2.39 bits per heavy atom. The van der Waals surface area contributed by atoms with E-state index in [1.165, 1.54) is 12.8 Å². The van der Waals surface area contributed by atoms with Gasteiger partial charge in [-0.2, -0.15) is 0 Å². The molecule has 1 saturated heterocycles. The molecule has 9 nitrogen and oxygen atoms in total. The number of primary amides is 1. The van der Waals surface area contributed by atoms with Crippen molar-refractivity contribution in [2.45, 2.75) is 44.3 Å². The highest BCUT2D eigenvalue weighted by Crippen LogP contribution is 2.40.